The first-order chi connectivity index (χ1) is 13.4. The van der Waals surface area contributed by atoms with Crippen molar-refractivity contribution in [2.75, 3.05) is 31.1 Å². The third-order valence-electron chi connectivity index (χ3n) is 4.07. The molecule has 0 atom stereocenters. The number of hydrogen-bond donors (Lipinski definition) is 2. The summed E-state index contributed by atoms with van der Waals surface area (Å²) in [5, 5.41) is 4.29. The number of anilines is 2. The van der Waals surface area contributed by atoms with Crippen molar-refractivity contribution in [1.82, 2.24) is 5.43 Å². The fraction of sp³-hybridized carbons (Fsp3) is 0.211. The predicted molar refractivity (Wildman–Crippen MR) is 107 cm³/mol. The lowest BCUT2D eigenvalue weighted by atomic mass is 10.2. The maximum absolute atomic E-state index is 12.7. The fourth-order valence-electron chi connectivity index (χ4n) is 2.59. The van der Waals surface area contributed by atoms with Gasteiger partial charge in [-0.3, -0.25) is 20.0 Å². The van der Waals surface area contributed by atoms with Gasteiger partial charge in [0.05, 0.1) is 30.6 Å². The summed E-state index contributed by atoms with van der Waals surface area (Å²) in [5.41, 5.74) is 4.78. The summed E-state index contributed by atoms with van der Waals surface area (Å²) in [5.74, 6) is -0.0259. The lowest BCUT2D eigenvalue weighted by molar-refractivity contribution is -0.118. The average molecular weight is 403 g/mol. The first-order valence-electron chi connectivity index (χ1n) is 8.36. The molecular formula is C19H19ClN4O4. The number of rotatable bonds is 5. The number of amidine groups is 1. The maximum Gasteiger partial charge on any atom is 0.292 e. The molecule has 0 aliphatic carbocycles. The molecule has 146 valence electrons. The van der Waals surface area contributed by atoms with Crippen molar-refractivity contribution in [3.63, 3.8) is 0 Å². The number of nitrogens with zero attached hydrogens (tertiary/aromatic N) is 2. The molecule has 0 saturated carbocycles. The van der Waals surface area contributed by atoms with Crippen molar-refractivity contribution in [3.05, 3.63) is 47.0 Å². The summed E-state index contributed by atoms with van der Waals surface area (Å²) >= 11 is 6.13. The largest absolute Gasteiger partial charge is 0.495 e. The zero-order chi connectivity index (χ0) is 20.3. The molecule has 3 rings (SSSR count). The van der Waals surface area contributed by atoms with Crippen molar-refractivity contribution in [2.24, 2.45) is 4.99 Å². The molecule has 0 bridgehead atoms. The van der Waals surface area contributed by atoms with Gasteiger partial charge in [0.2, 0.25) is 5.84 Å². The minimum atomic E-state index is -0.538. The minimum Gasteiger partial charge on any atom is -0.495 e. The van der Waals surface area contributed by atoms with E-state index in [9.17, 15) is 9.59 Å². The summed E-state index contributed by atoms with van der Waals surface area (Å²) in [6.45, 7) is 1.80. The number of ether oxygens (including phenoxy) is 2. The van der Waals surface area contributed by atoms with Crippen LogP contribution in [0.2, 0.25) is 5.02 Å². The van der Waals surface area contributed by atoms with E-state index in [1.807, 2.05) is 19.1 Å². The van der Waals surface area contributed by atoms with Gasteiger partial charge >= 0.3 is 0 Å². The van der Waals surface area contributed by atoms with Gasteiger partial charge in [-0.1, -0.05) is 29.3 Å². The number of aliphatic imine (C=N–C) groups is 1. The Kier molecular flexibility index (Phi) is 5.70. The van der Waals surface area contributed by atoms with Gasteiger partial charge in [0, 0.05) is 6.07 Å². The number of hydrogen-bond acceptors (Lipinski definition) is 6. The quantitative estimate of drug-likeness (QED) is 0.801. The summed E-state index contributed by atoms with van der Waals surface area (Å²) in [7, 11) is 2.95. The van der Waals surface area contributed by atoms with E-state index in [4.69, 9.17) is 21.1 Å². The molecule has 0 fully saturated rings. The molecule has 8 nitrogen and oxygen atoms in total. The van der Waals surface area contributed by atoms with Crippen molar-refractivity contribution >= 4 is 40.6 Å². The Labute approximate surface area is 167 Å². The molecule has 1 heterocycles. The van der Waals surface area contributed by atoms with Gasteiger partial charge in [0.15, 0.2) is 0 Å². The van der Waals surface area contributed by atoms with E-state index in [1.54, 1.807) is 18.2 Å². The highest BCUT2D eigenvalue weighted by atomic mass is 35.5. The number of amides is 2. The maximum atomic E-state index is 12.7. The standard InChI is InChI=1S/C19H19ClN4O4/c1-11-4-6-12(7-5-11)24-17(25)10-21-18(23-24)19(26)22-14-8-13(20)15(27-2)9-16(14)28-3/h4-9H,10H2,1-3H3,(H,21,23)(H,22,26). The number of halogens is 1. The summed E-state index contributed by atoms with van der Waals surface area (Å²) < 4.78 is 10.4. The van der Waals surface area contributed by atoms with Crippen LogP contribution in [0.4, 0.5) is 11.4 Å². The van der Waals surface area contributed by atoms with E-state index in [0.717, 1.165) is 5.56 Å². The SMILES string of the molecule is COc1cc(OC)c(NC(=O)C2=NCC(=O)N(c3ccc(C)cc3)N2)cc1Cl. The summed E-state index contributed by atoms with van der Waals surface area (Å²) in [4.78, 5) is 28.9. The Morgan fingerprint density at radius 1 is 1.18 bits per heavy atom. The second kappa shape index (κ2) is 8.18. The van der Waals surface area contributed by atoms with Crippen molar-refractivity contribution in [2.45, 2.75) is 6.92 Å². The van der Waals surface area contributed by atoms with Crippen LogP contribution in [0.25, 0.3) is 0 Å². The molecule has 2 N–H and O–H groups in total. The molecule has 2 aromatic rings. The predicted octanol–water partition coefficient (Wildman–Crippen LogP) is 2.55. The van der Waals surface area contributed by atoms with Crippen LogP contribution < -0.4 is 25.2 Å². The van der Waals surface area contributed by atoms with E-state index in [1.165, 1.54) is 25.3 Å². The smallest absolute Gasteiger partial charge is 0.292 e. The van der Waals surface area contributed by atoms with Gasteiger partial charge in [-0.15, -0.1) is 0 Å². The first kappa shape index (κ1) is 19.5. The Bertz CT molecular complexity index is 944. The molecule has 0 radical (unpaired) electrons. The molecule has 0 unspecified atom stereocenters. The number of benzene rings is 2. The Morgan fingerprint density at radius 2 is 1.86 bits per heavy atom. The van der Waals surface area contributed by atoms with Crippen LogP contribution in [-0.4, -0.2) is 38.4 Å². The number of nitrogens with one attached hydrogen (secondary N) is 2. The van der Waals surface area contributed by atoms with Gasteiger partial charge in [-0.25, -0.2) is 5.01 Å². The van der Waals surface area contributed by atoms with Crippen molar-refractivity contribution < 1.29 is 19.1 Å². The van der Waals surface area contributed by atoms with Crippen LogP contribution in [-0.2, 0) is 9.59 Å². The van der Waals surface area contributed by atoms with E-state index >= 15 is 0 Å². The van der Waals surface area contributed by atoms with Crippen LogP contribution in [0.3, 0.4) is 0 Å². The molecule has 2 amide bonds. The average Bonchev–Trinajstić information content (AvgIpc) is 2.69. The van der Waals surface area contributed by atoms with Crippen molar-refractivity contribution in [1.29, 1.82) is 0 Å². The number of aryl methyl sites for hydroxylation is 1. The van der Waals surface area contributed by atoms with E-state index < -0.39 is 5.91 Å². The lowest BCUT2D eigenvalue weighted by Crippen LogP contribution is -2.54. The summed E-state index contributed by atoms with van der Waals surface area (Å²) in [6, 6.07) is 10.4. The zero-order valence-electron chi connectivity index (χ0n) is 15.6. The lowest BCUT2D eigenvalue weighted by Gasteiger charge is -2.27. The number of carbonyl (C=O) groups excluding carboxylic acids is 2. The number of methoxy groups -OCH3 is 2. The van der Waals surface area contributed by atoms with Gasteiger partial charge < -0.3 is 14.8 Å². The topological polar surface area (TPSA) is 92.3 Å². The number of carbonyl (C=O) groups is 2. The van der Waals surface area contributed by atoms with Crippen LogP contribution in [0.5, 0.6) is 11.5 Å². The van der Waals surface area contributed by atoms with Crippen LogP contribution in [0, 0.1) is 6.92 Å². The highest BCUT2D eigenvalue weighted by Crippen LogP contribution is 2.35. The van der Waals surface area contributed by atoms with E-state index in [-0.39, 0.29) is 18.3 Å². The molecule has 0 saturated heterocycles. The monoisotopic (exact) mass is 402 g/mol. The first-order valence-corrected chi connectivity index (χ1v) is 8.74. The normalized spacial score (nSPS) is 13.5. The Morgan fingerprint density at radius 3 is 2.50 bits per heavy atom. The second-order valence-electron chi connectivity index (χ2n) is 5.98. The minimum absolute atomic E-state index is 0.00540. The number of hydrazine groups is 1. The molecule has 2 aromatic carbocycles. The molecule has 28 heavy (non-hydrogen) atoms. The van der Waals surface area contributed by atoms with E-state index in [0.29, 0.717) is 27.9 Å². The van der Waals surface area contributed by atoms with Crippen molar-refractivity contribution in [3.8, 4) is 11.5 Å². The van der Waals surface area contributed by atoms with Crippen LogP contribution in [0.1, 0.15) is 5.56 Å². The molecule has 0 aromatic heterocycles. The zero-order valence-corrected chi connectivity index (χ0v) is 16.3. The van der Waals surface area contributed by atoms with E-state index in [2.05, 4.69) is 15.7 Å². The molecule has 1 aliphatic rings. The van der Waals surface area contributed by atoms with Gasteiger partial charge in [0.1, 0.15) is 18.0 Å². The van der Waals surface area contributed by atoms with Gasteiger partial charge in [-0.2, -0.15) is 0 Å². The Hall–Kier alpha value is -3.26. The highest BCUT2D eigenvalue weighted by molar-refractivity contribution is 6.43. The Balaban J connectivity index is 1.80. The third kappa shape index (κ3) is 4.01. The van der Waals surface area contributed by atoms with Gasteiger partial charge in [-0.05, 0) is 25.1 Å². The molecule has 0 spiro atoms. The van der Waals surface area contributed by atoms with Gasteiger partial charge in [0.25, 0.3) is 11.8 Å². The molecule has 9 heteroatoms. The molecular weight excluding hydrogens is 384 g/mol. The second-order valence-corrected chi connectivity index (χ2v) is 6.39. The third-order valence-corrected chi connectivity index (χ3v) is 4.36. The van der Waals surface area contributed by atoms with Crippen LogP contribution >= 0.6 is 11.6 Å². The highest BCUT2D eigenvalue weighted by Gasteiger charge is 2.26. The van der Waals surface area contributed by atoms with Crippen LogP contribution in [0.15, 0.2) is 41.4 Å². The fourth-order valence-corrected chi connectivity index (χ4v) is 2.83. The summed E-state index contributed by atoms with van der Waals surface area (Å²) in [6.07, 6.45) is 0. The molecule has 1 aliphatic heterocycles.